The second kappa shape index (κ2) is 9.87. The molecule has 0 heterocycles. The maximum atomic E-state index is 11.5. The largest absolute Gasteiger partial charge is 0.370 e. The highest BCUT2D eigenvalue weighted by molar-refractivity contribution is 5.79. The van der Waals surface area contributed by atoms with Gasteiger partial charge < -0.3 is 11.1 Å². The third-order valence-corrected chi connectivity index (χ3v) is 2.56. The van der Waals surface area contributed by atoms with Crippen LogP contribution in [0.1, 0.15) is 51.9 Å². The van der Waals surface area contributed by atoms with Crippen LogP contribution < -0.4 is 11.1 Å². The summed E-state index contributed by atoms with van der Waals surface area (Å²) in [6, 6.07) is -0.337. The summed E-state index contributed by atoms with van der Waals surface area (Å²) < 4.78 is 0. The number of hydrogen-bond donors (Lipinski definition) is 2. The molecule has 4 heteroatoms. The summed E-state index contributed by atoms with van der Waals surface area (Å²) in [5.74, 6) is -0.467. The number of carbonyl (C=O) groups is 2. The van der Waals surface area contributed by atoms with Gasteiger partial charge in [-0.05, 0) is 6.42 Å². The van der Waals surface area contributed by atoms with Crippen molar-refractivity contribution < 1.29 is 9.59 Å². The Labute approximate surface area is 104 Å². The van der Waals surface area contributed by atoms with Crippen LogP contribution in [0.5, 0.6) is 0 Å². The Balaban J connectivity index is 3.68. The van der Waals surface area contributed by atoms with E-state index in [0.29, 0.717) is 6.42 Å². The summed E-state index contributed by atoms with van der Waals surface area (Å²) >= 11 is 0. The average Bonchev–Trinajstić information content (AvgIpc) is 2.27. The molecule has 0 unspecified atom stereocenters. The van der Waals surface area contributed by atoms with E-state index in [1.165, 1.54) is 19.3 Å². The number of unbranched alkanes of at least 4 members (excludes halogenated alkanes) is 4. The monoisotopic (exact) mass is 240 g/mol. The summed E-state index contributed by atoms with van der Waals surface area (Å²) in [7, 11) is 0. The predicted molar refractivity (Wildman–Crippen MR) is 69.3 cm³/mol. The average molecular weight is 240 g/mol. The Morgan fingerprint density at radius 3 is 2.47 bits per heavy atom. The number of nitrogens with two attached hydrogens (primary N) is 1. The van der Waals surface area contributed by atoms with Crippen molar-refractivity contribution >= 4 is 11.8 Å². The Morgan fingerprint density at radius 2 is 1.94 bits per heavy atom. The molecule has 3 N–H and O–H groups in total. The smallest absolute Gasteiger partial charge is 0.220 e. The summed E-state index contributed by atoms with van der Waals surface area (Å²) in [4.78, 5) is 22.2. The standard InChI is InChI=1S/C13H24N2O2/c1-3-5-6-7-8-9-13(17)15-11(4-2)10-12(14)16/h4,11H,2-3,5-10H2,1H3,(H2,14,16)(H,15,17)/t11-/m0/s1. The van der Waals surface area contributed by atoms with Crippen LogP contribution in [0.3, 0.4) is 0 Å². The topological polar surface area (TPSA) is 72.2 Å². The van der Waals surface area contributed by atoms with Crippen molar-refractivity contribution in [3.63, 3.8) is 0 Å². The molecule has 2 amide bonds. The van der Waals surface area contributed by atoms with Crippen LogP contribution in [0.15, 0.2) is 12.7 Å². The Kier molecular flexibility index (Phi) is 9.11. The molecule has 0 bridgehead atoms. The van der Waals surface area contributed by atoms with Crippen LogP contribution in [0.4, 0.5) is 0 Å². The molecule has 98 valence electrons. The van der Waals surface area contributed by atoms with Crippen LogP contribution in [0, 0.1) is 0 Å². The number of amides is 2. The fourth-order valence-electron chi connectivity index (χ4n) is 1.58. The van der Waals surface area contributed by atoms with Gasteiger partial charge in [-0.25, -0.2) is 0 Å². The van der Waals surface area contributed by atoms with Gasteiger partial charge in [-0.3, -0.25) is 9.59 Å². The van der Waals surface area contributed by atoms with Gasteiger partial charge in [0.25, 0.3) is 0 Å². The van der Waals surface area contributed by atoms with Gasteiger partial charge in [-0.2, -0.15) is 0 Å². The van der Waals surface area contributed by atoms with E-state index >= 15 is 0 Å². The summed E-state index contributed by atoms with van der Waals surface area (Å²) in [6.45, 7) is 5.72. The molecule has 0 aliphatic carbocycles. The normalized spacial score (nSPS) is 11.8. The van der Waals surface area contributed by atoms with Gasteiger partial charge in [0.15, 0.2) is 0 Å². The molecule has 1 atom stereocenters. The minimum atomic E-state index is -0.432. The lowest BCUT2D eigenvalue weighted by molar-refractivity contribution is -0.122. The Bertz CT molecular complexity index is 252. The summed E-state index contributed by atoms with van der Waals surface area (Å²) in [5, 5.41) is 2.73. The van der Waals surface area contributed by atoms with Gasteiger partial charge in [-0.1, -0.05) is 38.7 Å². The van der Waals surface area contributed by atoms with Gasteiger partial charge >= 0.3 is 0 Å². The molecule has 0 rings (SSSR count). The second-order valence-corrected chi connectivity index (χ2v) is 4.24. The maximum absolute atomic E-state index is 11.5. The molecular formula is C13H24N2O2. The minimum Gasteiger partial charge on any atom is -0.370 e. The SMILES string of the molecule is C=C[C@@H](CC(N)=O)NC(=O)CCCCCCC. The van der Waals surface area contributed by atoms with Crippen LogP contribution in [0.25, 0.3) is 0 Å². The van der Waals surface area contributed by atoms with Gasteiger partial charge in [0.1, 0.15) is 0 Å². The third kappa shape index (κ3) is 9.60. The highest BCUT2D eigenvalue weighted by atomic mass is 16.2. The van der Waals surface area contributed by atoms with E-state index in [2.05, 4.69) is 18.8 Å². The molecule has 0 saturated heterocycles. The lowest BCUT2D eigenvalue weighted by Crippen LogP contribution is -2.36. The van der Waals surface area contributed by atoms with E-state index in [0.717, 1.165) is 12.8 Å². The molecule has 4 nitrogen and oxygen atoms in total. The van der Waals surface area contributed by atoms with E-state index in [1.54, 1.807) is 6.08 Å². The minimum absolute atomic E-state index is 0.0346. The first-order chi connectivity index (χ1) is 8.10. The molecule has 0 aromatic rings. The molecule has 0 aromatic carbocycles. The number of carbonyl (C=O) groups excluding carboxylic acids is 2. The van der Waals surface area contributed by atoms with Gasteiger partial charge in [0.05, 0.1) is 12.5 Å². The fraction of sp³-hybridized carbons (Fsp3) is 0.692. The Hall–Kier alpha value is -1.32. The van der Waals surface area contributed by atoms with Crippen LogP contribution in [-0.4, -0.2) is 17.9 Å². The lowest BCUT2D eigenvalue weighted by atomic mass is 10.1. The van der Waals surface area contributed by atoms with Crippen molar-refractivity contribution in [3.8, 4) is 0 Å². The zero-order valence-corrected chi connectivity index (χ0v) is 10.7. The zero-order valence-electron chi connectivity index (χ0n) is 10.7. The molecule has 0 aromatic heterocycles. The number of rotatable bonds is 10. The van der Waals surface area contributed by atoms with Crippen LogP contribution >= 0.6 is 0 Å². The van der Waals surface area contributed by atoms with E-state index < -0.39 is 5.91 Å². The second-order valence-electron chi connectivity index (χ2n) is 4.24. The van der Waals surface area contributed by atoms with Crippen LogP contribution in [0.2, 0.25) is 0 Å². The molecule has 0 radical (unpaired) electrons. The van der Waals surface area contributed by atoms with E-state index in [1.807, 2.05) is 0 Å². The fourth-order valence-corrected chi connectivity index (χ4v) is 1.58. The van der Waals surface area contributed by atoms with Crippen LogP contribution in [-0.2, 0) is 9.59 Å². The molecule has 0 aliphatic heterocycles. The van der Waals surface area contributed by atoms with Crippen molar-refractivity contribution in [1.29, 1.82) is 0 Å². The van der Waals surface area contributed by atoms with E-state index in [4.69, 9.17) is 5.73 Å². The molecular weight excluding hydrogens is 216 g/mol. The van der Waals surface area contributed by atoms with Crippen molar-refractivity contribution in [1.82, 2.24) is 5.32 Å². The quantitative estimate of drug-likeness (QED) is 0.452. The number of hydrogen-bond acceptors (Lipinski definition) is 2. The lowest BCUT2D eigenvalue weighted by Gasteiger charge is -2.12. The molecule has 0 spiro atoms. The first-order valence-electron chi connectivity index (χ1n) is 6.30. The van der Waals surface area contributed by atoms with Gasteiger partial charge in [0.2, 0.25) is 11.8 Å². The first kappa shape index (κ1) is 15.7. The molecule has 0 aliphatic rings. The molecule has 17 heavy (non-hydrogen) atoms. The highest BCUT2D eigenvalue weighted by Crippen LogP contribution is 2.05. The highest BCUT2D eigenvalue weighted by Gasteiger charge is 2.10. The zero-order chi connectivity index (χ0) is 13.1. The summed E-state index contributed by atoms with van der Waals surface area (Å²) in [5.41, 5.74) is 5.06. The summed E-state index contributed by atoms with van der Waals surface area (Å²) in [6.07, 6.45) is 7.73. The van der Waals surface area contributed by atoms with Crippen molar-refractivity contribution in [2.75, 3.05) is 0 Å². The van der Waals surface area contributed by atoms with Crippen molar-refractivity contribution in [2.45, 2.75) is 57.9 Å². The van der Waals surface area contributed by atoms with Crippen molar-refractivity contribution in [2.24, 2.45) is 5.73 Å². The Morgan fingerprint density at radius 1 is 1.29 bits per heavy atom. The molecule has 0 fully saturated rings. The van der Waals surface area contributed by atoms with Gasteiger partial charge in [0, 0.05) is 6.42 Å². The third-order valence-electron chi connectivity index (χ3n) is 2.56. The van der Waals surface area contributed by atoms with E-state index in [-0.39, 0.29) is 18.4 Å². The predicted octanol–water partition coefficient (Wildman–Crippen LogP) is 1.89. The number of nitrogens with one attached hydrogen (secondary N) is 1. The molecule has 0 saturated carbocycles. The van der Waals surface area contributed by atoms with Crippen molar-refractivity contribution in [3.05, 3.63) is 12.7 Å². The maximum Gasteiger partial charge on any atom is 0.220 e. The van der Waals surface area contributed by atoms with Gasteiger partial charge in [-0.15, -0.1) is 6.58 Å². The first-order valence-corrected chi connectivity index (χ1v) is 6.30. The van der Waals surface area contributed by atoms with E-state index in [9.17, 15) is 9.59 Å². The number of primary amides is 1.